The zero-order valence-electron chi connectivity index (χ0n) is 12.0. The number of hydrogen-bond donors (Lipinski definition) is 1. The van der Waals surface area contributed by atoms with Gasteiger partial charge in [0, 0.05) is 12.6 Å². The lowest BCUT2D eigenvalue weighted by Crippen LogP contribution is -2.41. The molecule has 1 N–H and O–H groups in total. The van der Waals surface area contributed by atoms with Crippen molar-refractivity contribution in [2.45, 2.75) is 51.7 Å². The van der Waals surface area contributed by atoms with E-state index in [1.165, 1.54) is 12.8 Å². The summed E-state index contributed by atoms with van der Waals surface area (Å²) in [5.74, 6) is 0.551. The van der Waals surface area contributed by atoms with E-state index in [0.29, 0.717) is 12.0 Å². The lowest BCUT2D eigenvalue weighted by atomic mass is 10.0. The van der Waals surface area contributed by atoms with Gasteiger partial charge in [0.25, 0.3) is 0 Å². The van der Waals surface area contributed by atoms with Gasteiger partial charge in [-0.05, 0) is 59.3 Å². The molecule has 0 bridgehead atoms. The normalized spacial score (nSPS) is 27.0. The van der Waals surface area contributed by atoms with E-state index in [4.69, 9.17) is 0 Å². The van der Waals surface area contributed by atoms with Crippen molar-refractivity contribution in [3.8, 4) is 0 Å². The molecule has 102 valence electrons. The lowest BCUT2D eigenvalue weighted by Gasteiger charge is -2.31. The summed E-state index contributed by atoms with van der Waals surface area (Å²) in [6.07, 6.45) is 4.58. The molecular weight excluding hydrogens is 212 g/mol. The summed E-state index contributed by atoms with van der Waals surface area (Å²) in [5.41, 5.74) is 0. The molecular formula is C14H30N2O. The molecule has 0 radical (unpaired) electrons. The van der Waals surface area contributed by atoms with E-state index in [0.717, 1.165) is 32.5 Å². The minimum Gasteiger partial charge on any atom is -0.393 e. The lowest BCUT2D eigenvalue weighted by molar-refractivity contribution is 0.108. The van der Waals surface area contributed by atoms with Crippen LogP contribution >= 0.6 is 0 Å². The van der Waals surface area contributed by atoms with Gasteiger partial charge in [-0.15, -0.1) is 0 Å². The first-order chi connectivity index (χ1) is 8.04. The molecule has 3 heteroatoms. The zero-order valence-corrected chi connectivity index (χ0v) is 12.0. The number of hydrogen-bond acceptors (Lipinski definition) is 3. The van der Waals surface area contributed by atoms with Gasteiger partial charge in [0.15, 0.2) is 0 Å². The summed E-state index contributed by atoms with van der Waals surface area (Å²) < 4.78 is 0. The number of aliphatic hydroxyl groups excluding tert-OH is 1. The third-order valence-corrected chi connectivity index (χ3v) is 4.06. The molecule has 3 unspecified atom stereocenters. The predicted molar refractivity (Wildman–Crippen MR) is 73.2 cm³/mol. The molecule has 1 fully saturated rings. The van der Waals surface area contributed by atoms with E-state index in [9.17, 15) is 5.11 Å². The van der Waals surface area contributed by atoms with Crippen molar-refractivity contribution in [2.75, 3.05) is 33.7 Å². The smallest absolute Gasteiger partial charge is 0.0568 e. The fourth-order valence-corrected chi connectivity index (χ4v) is 3.02. The molecule has 1 aliphatic carbocycles. The minimum atomic E-state index is -0.0298. The highest BCUT2D eigenvalue weighted by molar-refractivity contribution is 4.78. The molecule has 0 amide bonds. The molecule has 17 heavy (non-hydrogen) atoms. The molecule has 3 atom stereocenters. The maximum absolute atomic E-state index is 9.83. The molecule has 0 spiro atoms. The van der Waals surface area contributed by atoms with Gasteiger partial charge in [-0.2, -0.15) is 0 Å². The van der Waals surface area contributed by atoms with Gasteiger partial charge in [0.05, 0.1) is 6.10 Å². The van der Waals surface area contributed by atoms with Crippen LogP contribution < -0.4 is 0 Å². The Balaban J connectivity index is 2.30. The van der Waals surface area contributed by atoms with Gasteiger partial charge in [0.1, 0.15) is 0 Å². The first kappa shape index (κ1) is 14.9. The molecule has 0 saturated heterocycles. The van der Waals surface area contributed by atoms with E-state index in [1.54, 1.807) is 0 Å². The maximum atomic E-state index is 9.83. The second-order valence-electron chi connectivity index (χ2n) is 5.79. The van der Waals surface area contributed by atoms with Crippen LogP contribution in [0.25, 0.3) is 0 Å². The van der Waals surface area contributed by atoms with E-state index >= 15 is 0 Å². The van der Waals surface area contributed by atoms with Crippen LogP contribution in [0.5, 0.6) is 0 Å². The summed E-state index contributed by atoms with van der Waals surface area (Å²) in [6, 6.07) is 0.605. The molecule has 1 aliphatic rings. The first-order valence-electron chi connectivity index (χ1n) is 7.11. The molecule has 0 aromatic heterocycles. The summed E-state index contributed by atoms with van der Waals surface area (Å²) >= 11 is 0. The van der Waals surface area contributed by atoms with Gasteiger partial charge in [-0.1, -0.05) is 13.3 Å². The van der Waals surface area contributed by atoms with E-state index in [-0.39, 0.29) is 6.10 Å². The van der Waals surface area contributed by atoms with Crippen LogP contribution in [0, 0.1) is 5.92 Å². The van der Waals surface area contributed by atoms with Gasteiger partial charge >= 0.3 is 0 Å². The van der Waals surface area contributed by atoms with Gasteiger partial charge in [-0.3, -0.25) is 4.90 Å². The maximum Gasteiger partial charge on any atom is 0.0568 e. The fourth-order valence-electron chi connectivity index (χ4n) is 3.02. The Morgan fingerprint density at radius 1 is 1.29 bits per heavy atom. The molecule has 1 saturated carbocycles. The van der Waals surface area contributed by atoms with Crippen molar-refractivity contribution in [1.29, 1.82) is 0 Å². The van der Waals surface area contributed by atoms with Crippen LogP contribution in [0.1, 0.15) is 39.5 Å². The van der Waals surface area contributed by atoms with Gasteiger partial charge < -0.3 is 10.0 Å². The van der Waals surface area contributed by atoms with Crippen LogP contribution in [-0.4, -0.2) is 60.8 Å². The van der Waals surface area contributed by atoms with E-state index < -0.39 is 0 Å². The topological polar surface area (TPSA) is 26.7 Å². The number of likely N-dealkylation sites (N-methyl/N-ethyl adjacent to an activating group) is 2. The van der Waals surface area contributed by atoms with E-state index in [1.807, 2.05) is 0 Å². The summed E-state index contributed by atoms with van der Waals surface area (Å²) in [5, 5.41) is 9.83. The second-order valence-corrected chi connectivity index (χ2v) is 5.79. The highest BCUT2D eigenvalue weighted by Gasteiger charge is 2.25. The number of nitrogens with zero attached hydrogens (tertiary/aromatic N) is 2. The average molecular weight is 242 g/mol. The Morgan fingerprint density at radius 3 is 2.47 bits per heavy atom. The molecule has 0 heterocycles. The van der Waals surface area contributed by atoms with Crippen LogP contribution in [0.15, 0.2) is 0 Å². The summed E-state index contributed by atoms with van der Waals surface area (Å²) in [7, 11) is 4.26. The first-order valence-corrected chi connectivity index (χ1v) is 7.11. The van der Waals surface area contributed by atoms with Crippen LogP contribution in [0.2, 0.25) is 0 Å². The van der Waals surface area contributed by atoms with Crippen molar-refractivity contribution < 1.29 is 5.11 Å². The third-order valence-electron chi connectivity index (χ3n) is 4.06. The Labute approximate surface area is 107 Å². The number of rotatable bonds is 7. The molecule has 1 rings (SSSR count). The minimum absolute atomic E-state index is 0.0298. The predicted octanol–water partition coefficient (Wildman–Crippen LogP) is 1.81. The van der Waals surface area contributed by atoms with Gasteiger partial charge in [-0.25, -0.2) is 0 Å². The monoisotopic (exact) mass is 242 g/mol. The quantitative estimate of drug-likeness (QED) is 0.737. The van der Waals surface area contributed by atoms with Crippen molar-refractivity contribution >= 4 is 0 Å². The average Bonchev–Trinajstić information content (AvgIpc) is 2.64. The van der Waals surface area contributed by atoms with Crippen molar-refractivity contribution in [3.63, 3.8) is 0 Å². The second kappa shape index (κ2) is 7.34. The summed E-state index contributed by atoms with van der Waals surface area (Å²) in [4.78, 5) is 4.78. The Bertz CT molecular complexity index is 208. The molecule has 0 aliphatic heterocycles. The molecule has 0 aromatic rings. The van der Waals surface area contributed by atoms with Gasteiger partial charge in [0.2, 0.25) is 0 Å². The number of aliphatic hydroxyl groups is 1. The van der Waals surface area contributed by atoms with Crippen molar-refractivity contribution in [3.05, 3.63) is 0 Å². The highest BCUT2D eigenvalue weighted by atomic mass is 16.3. The van der Waals surface area contributed by atoms with Crippen LogP contribution in [-0.2, 0) is 0 Å². The Kier molecular flexibility index (Phi) is 6.45. The molecule has 0 aromatic carbocycles. The largest absolute Gasteiger partial charge is 0.393 e. The zero-order chi connectivity index (χ0) is 12.8. The third kappa shape index (κ3) is 4.94. The highest BCUT2D eigenvalue weighted by Crippen LogP contribution is 2.28. The van der Waals surface area contributed by atoms with Crippen molar-refractivity contribution in [1.82, 2.24) is 9.80 Å². The van der Waals surface area contributed by atoms with Crippen molar-refractivity contribution in [2.24, 2.45) is 5.92 Å². The molecule has 3 nitrogen and oxygen atoms in total. The Morgan fingerprint density at radius 2 is 2.00 bits per heavy atom. The van der Waals surface area contributed by atoms with Crippen LogP contribution in [0.4, 0.5) is 0 Å². The SMILES string of the molecule is CCN(CCC1CCCC1O)C(C)CN(C)C. The Hall–Kier alpha value is -0.120. The standard InChI is InChI=1S/C14H30N2O/c1-5-16(12(2)11-15(3)4)10-9-13-7-6-8-14(13)17/h12-14,17H,5-11H2,1-4H3. The van der Waals surface area contributed by atoms with E-state index in [2.05, 4.69) is 37.7 Å². The van der Waals surface area contributed by atoms with Crippen LogP contribution in [0.3, 0.4) is 0 Å². The summed E-state index contributed by atoms with van der Waals surface area (Å²) in [6.45, 7) is 7.89. The fraction of sp³-hybridized carbons (Fsp3) is 1.00.